The van der Waals surface area contributed by atoms with Crippen LogP contribution in [0.1, 0.15) is 70.2 Å². The van der Waals surface area contributed by atoms with Crippen molar-refractivity contribution in [1.29, 1.82) is 0 Å². The predicted molar refractivity (Wildman–Crippen MR) is 139 cm³/mol. The second-order valence-corrected chi connectivity index (χ2v) is 8.61. The summed E-state index contributed by atoms with van der Waals surface area (Å²) in [7, 11) is 0. The second kappa shape index (κ2) is 14.0. The first-order valence-electron chi connectivity index (χ1n) is 12.1. The Morgan fingerprint density at radius 1 is 1.06 bits per heavy atom. The van der Waals surface area contributed by atoms with Crippen molar-refractivity contribution in [2.24, 2.45) is 4.99 Å². The number of aliphatic imine (C=N–C) groups is 1. The number of piperidine rings is 1. The molecule has 182 valence electrons. The van der Waals surface area contributed by atoms with Gasteiger partial charge in [-0.05, 0) is 39.0 Å². The van der Waals surface area contributed by atoms with Gasteiger partial charge in [-0.2, -0.15) is 0 Å². The van der Waals surface area contributed by atoms with Crippen molar-refractivity contribution in [3.63, 3.8) is 0 Å². The maximum Gasteiger partial charge on any atom is 0.236 e. The highest BCUT2D eigenvalue weighted by Crippen LogP contribution is 2.22. The fourth-order valence-corrected chi connectivity index (χ4v) is 4.43. The van der Waals surface area contributed by atoms with E-state index in [-0.39, 0.29) is 29.9 Å². The summed E-state index contributed by atoms with van der Waals surface area (Å²) in [6, 6.07) is 2.05. The van der Waals surface area contributed by atoms with Gasteiger partial charge in [-0.25, -0.2) is 4.99 Å². The van der Waals surface area contributed by atoms with Crippen molar-refractivity contribution in [3.8, 4) is 0 Å². The van der Waals surface area contributed by atoms with Gasteiger partial charge in [0.1, 0.15) is 6.54 Å². The van der Waals surface area contributed by atoms with E-state index < -0.39 is 0 Å². The van der Waals surface area contributed by atoms with Crippen LogP contribution in [-0.2, 0) is 11.3 Å². The number of hydrogen-bond acceptors (Lipinski definition) is 5. The number of amides is 1. The SMILES string of the molecule is CCNC(=NCc1cc(C(CC)CC)no1)N1CCN(CC(=O)N2CCCCC2)CC1.I. The topological polar surface area (TPSA) is 77.2 Å². The largest absolute Gasteiger partial charge is 0.359 e. The maximum atomic E-state index is 12.6. The predicted octanol–water partition coefficient (Wildman–Crippen LogP) is 3.29. The van der Waals surface area contributed by atoms with Gasteiger partial charge in [0.25, 0.3) is 0 Å². The lowest BCUT2D eigenvalue weighted by Gasteiger charge is -2.37. The summed E-state index contributed by atoms with van der Waals surface area (Å²) >= 11 is 0. The molecule has 1 aromatic rings. The zero-order valence-corrected chi connectivity index (χ0v) is 22.3. The monoisotopic (exact) mass is 560 g/mol. The van der Waals surface area contributed by atoms with E-state index in [9.17, 15) is 4.79 Å². The van der Waals surface area contributed by atoms with Gasteiger partial charge < -0.3 is 19.6 Å². The molecule has 0 radical (unpaired) electrons. The van der Waals surface area contributed by atoms with Gasteiger partial charge in [0, 0.05) is 57.8 Å². The van der Waals surface area contributed by atoms with E-state index in [1.54, 1.807) is 0 Å². The molecule has 8 nitrogen and oxygen atoms in total. The van der Waals surface area contributed by atoms with E-state index in [2.05, 4.69) is 47.1 Å². The van der Waals surface area contributed by atoms with Gasteiger partial charge >= 0.3 is 0 Å². The van der Waals surface area contributed by atoms with Crippen LogP contribution in [-0.4, -0.2) is 84.1 Å². The standard InChI is InChI=1S/C23H40N6O2.HI/c1-4-19(5-2)21-16-20(31-26-21)17-25-23(24-6-3)29-14-12-27(13-15-29)18-22(30)28-10-8-7-9-11-28;/h16,19H,4-15,17-18H2,1-3H3,(H,24,25);1H. The minimum Gasteiger partial charge on any atom is -0.359 e. The van der Waals surface area contributed by atoms with Gasteiger partial charge in [0.15, 0.2) is 11.7 Å². The Morgan fingerprint density at radius 2 is 1.75 bits per heavy atom. The number of rotatable bonds is 8. The molecule has 0 atom stereocenters. The van der Waals surface area contributed by atoms with Crippen molar-refractivity contribution in [2.75, 3.05) is 52.4 Å². The number of hydrogen-bond donors (Lipinski definition) is 1. The molecule has 3 rings (SSSR count). The van der Waals surface area contributed by atoms with Crippen LogP contribution >= 0.6 is 24.0 Å². The van der Waals surface area contributed by atoms with Crippen molar-refractivity contribution in [1.82, 2.24) is 25.2 Å². The number of aromatic nitrogens is 1. The van der Waals surface area contributed by atoms with Gasteiger partial charge in [-0.15, -0.1) is 24.0 Å². The van der Waals surface area contributed by atoms with Gasteiger partial charge in [-0.3, -0.25) is 9.69 Å². The first-order chi connectivity index (χ1) is 15.1. The van der Waals surface area contributed by atoms with E-state index in [4.69, 9.17) is 9.52 Å². The van der Waals surface area contributed by atoms with E-state index in [0.717, 1.165) is 88.9 Å². The first-order valence-corrected chi connectivity index (χ1v) is 12.1. The molecule has 0 spiro atoms. The van der Waals surface area contributed by atoms with Crippen LogP contribution in [0.15, 0.2) is 15.6 Å². The van der Waals surface area contributed by atoms with Crippen molar-refractivity contribution in [3.05, 3.63) is 17.5 Å². The summed E-state index contributed by atoms with van der Waals surface area (Å²) in [4.78, 5) is 23.9. The Balaban J connectivity index is 0.00000363. The summed E-state index contributed by atoms with van der Waals surface area (Å²) in [5, 5.41) is 7.65. The molecule has 2 aliphatic heterocycles. The molecule has 0 unspecified atom stereocenters. The van der Waals surface area contributed by atoms with Crippen LogP contribution < -0.4 is 5.32 Å². The number of nitrogens with zero attached hydrogens (tertiary/aromatic N) is 5. The second-order valence-electron chi connectivity index (χ2n) is 8.61. The summed E-state index contributed by atoms with van der Waals surface area (Å²) in [5.41, 5.74) is 1.03. The fourth-order valence-electron chi connectivity index (χ4n) is 4.43. The lowest BCUT2D eigenvalue weighted by atomic mass is 9.99. The molecule has 0 aliphatic carbocycles. The Morgan fingerprint density at radius 3 is 2.38 bits per heavy atom. The number of halogens is 1. The maximum absolute atomic E-state index is 12.6. The number of likely N-dealkylation sites (tertiary alicyclic amines) is 1. The average molecular weight is 561 g/mol. The average Bonchev–Trinajstić information content (AvgIpc) is 3.27. The van der Waals surface area contributed by atoms with Crippen molar-refractivity contribution >= 4 is 35.8 Å². The third-order valence-electron chi connectivity index (χ3n) is 6.44. The Kier molecular flexibility index (Phi) is 11.8. The molecule has 3 heterocycles. The van der Waals surface area contributed by atoms with Crippen molar-refractivity contribution in [2.45, 2.75) is 65.3 Å². The zero-order valence-electron chi connectivity index (χ0n) is 20.0. The highest BCUT2D eigenvalue weighted by molar-refractivity contribution is 14.0. The summed E-state index contributed by atoms with van der Waals surface area (Å²) < 4.78 is 5.53. The van der Waals surface area contributed by atoms with Crippen molar-refractivity contribution < 1.29 is 9.32 Å². The number of carbonyl (C=O) groups is 1. The molecule has 2 saturated heterocycles. The molecule has 1 N–H and O–H groups in total. The number of piperazine rings is 1. The molecule has 2 aliphatic rings. The summed E-state index contributed by atoms with van der Waals surface area (Å²) in [5.74, 6) is 2.45. The van der Waals surface area contributed by atoms with Crippen LogP contribution in [0.5, 0.6) is 0 Å². The molecular formula is C23H41IN6O2. The first kappa shape index (κ1) is 26.9. The zero-order chi connectivity index (χ0) is 22.1. The molecule has 2 fully saturated rings. The molecule has 0 aromatic carbocycles. The lowest BCUT2D eigenvalue weighted by molar-refractivity contribution is -0.133. The van der Waals surface area contributed by atoms with Crippen LogP contribution in [0.25, 0.3) is 0 Å². The minimum absolute atomic E-state index is 0. The van der Waals surface area contributed by atoms with Gasteiger partial charge in [0.05, 0.1) is 12.2 Å². The molecule has 0 saturated carbocycles. The highest BCUT2D eigenvalue weighted by Gasteiger charge is 2.24. The molecule has 32 heavy (non-hydrogen) atoms. The third kappa shape index (κ3) is 7.60. The Labute approximate surface area is 210 Å². The van der Waals surface area contributed by atoms with Crippen LogP contribution in [0.2, 0.25) is 0 Å². The number of nitrogens with one attached hydrogen (secondary N) is 1. The molecule has 0 bridgehead atoms. The van der Waals surface area contributed by atoms with E-state index in [1.165, 1.54) is 6.42 Å². The quantitative estimate of drug-likeness (QED) is 0.299. The fraction of sp³-hybridized carbons (Fsp3) is 0.783. The molecular weight excluding hydrogens is 519 g/mol. The van der Waals surface area contributed by atoms with E-state index in [1.807, 2.05) is 4.90 Å². The smallest absolute Gasteiger partial charge is 0.236 e. The lowest BCUT2D eigenvalue weighted by Crippen LogP contribution is -2.54. The normalized spacial score (nSPS) is 18.1. The number of guanidine groups is 1. The number of carbonyl (C=O) groups excluding carboxylic acids is 1. The molecule has 1 amide bonds. The minimum atomic E-state index is 0. The van der Waals surface area contributed by atoms with Gasteiger partial charge in [0.2, 0.25) is 5.91 Å². The summed E-state index contributed by atoms with van der Waals surface area (Å²) in [6.07, 6.45) is 5.68. The molecule has 9 heteroatoms. The van der Waals surface area contributed by atoms with Crippen LogP contribution in [0.4, 0.5) is 0 Å². The Bertz CT molecular complexity index is 707. The van der Waals surface area contributed by atoms with Crippen LogP contribution in [0.3, 0.4) is 0 Å². The van der Waals surface area contributed by atoms with E-state index >= 15 is 0 Å². The van der Waals surface area contributed by atoms with E-state index in [0.29, 0.717) is 19.0 Å². The van der Waals surface area contributed by atoms with Crippen LogP contribution in [0, 0.1) is 0 Å². The van der Waals surface area contributed by atoms with Gasteiger partial charge in [-0.1, -0.05) is 19.0 Å². The Hall–Kier alpha value is -1.36. The highest BCUT2D eigenvalue weighted by atomic mass is 127. The summed E-state index contributed by atoms with van der Waals surface area (Å²) in [6.45, 7) is 13.7. The molecule has 1 aromatic heterocycles. The third-order valence-corrected chi connectivity index (χ3v) is 6.44.